The summed E-state index contributed by atoms with van der Waals surface area (Å²) in [4.78, 5) is 22.7. The molecule has 23 heavy (non-hydrogen) atoms. The van der Waals surface area contributed by atoms with Gasteiger partial charge in [0.1, 0.15) is 0 Å². The Hall–Kier alpha value is -2.08. The molecule has 3 N–H and O–H groups in total. The summed E-state index contributed by atoms with van der Waals surface area (Å²) in [6.45, 7) is 4.73. The summed E-state index contributed by atoms with van der Waals surface area (Å²) in [7, 11) is 0. The van der Waals surface area contributed by atoms with Crippen LogP contribution in [0.3, 0.4) is 0 Å². The van der Waals surface area contributed by atoms with Crippen molar-refractivity contribution in [2.24, 2.45) is 0 Å². The second kappa shape index (κ2) is 10.6. The van der Waals surface area contributed by atoms with E-state index in [0.717, 1.165) is 5.56 Å². The Morgan fingerprint density at radius 1 is 1.22 bits per heavy atom. The van der Waals surface area contributed by atoms with Crippen LogP contribution in [-0.4, -0.2) is 42.4 Å². The summed E-state index contributed by atoms with van der Waals surface area (Å²) >= 11 is 0. The van der Waals surface area contributed by atoms with Crippen molar-refractivity contribution in [1.29, 1.82) is 0 Å². The zero-order chi connectivity index (χ0) is 17.1. The van der Waals surface area contributed by atoms with Gasteiger partial charge in [-0.3, -0.25) is 4.79 Å². The number of rotatable bonds is 10. The summed E-state index contributed by atoms with van der Waals surface area (Å²) in [5.41, 5.74) is 1.06. The van der Waals surface area contributed by atoms with Gasteiger partial charge in [0.2, 0.25) is 0 Å². The maximum Gasteiger partial charge on any atom is 0.315 e. The van der Waals surface area contributed by atoms with Crippen LogP contribution in [0.15, 0.2) is 30.3 Å². The molecular weight excluding hydrogens is 296 g/mol. The number of hydrogen-bond acceptors (Lipinski definition) is 3. The minimum Gasteiger partial charge on any atom is -0.481 e. The molecule has 1 unspecified atom stereocenters. The van der Waals surface area contributed by atoms with Gasteiger partial charge in [-0.25, -0.2) is 4.79 Å². The lowest BCUT2D eigenvalue weighted by Crippen LogP contribution is -2.44. The van der Waals surface area contributed by atoms with Gasteiger partial charge < -0.3 is 20.5 Å². The predicted octanol–water partition coefficient (Wildman–Crippen LogP) is 2.19. The number of amides is 2. The van der Waals surface area contributed by atoms with Crippen LogP contribution >= 0.6 is 0 Å². The summed E-state index contributed by atoms with van der Waals surface area (Å²) in [6.07, 6.45) is 1.14. The van der Waals surface area contributed by atoms with Gasteiger partial charge in [0, 0.05) is 19.0 Å². The molecule has 0 saturated heterocycles. The zero-order valence-electron chi connectivity index (χ0n) is 13.7. The molecule has 1 rings (SSSR count). The molecule has 128 valence electrons. The number of urea groups is 1. The average Bonchev–Trinajstić information content (AvgIpc) is 2.50. The molecule has 0 fully saturated rings. The summed E-state index contributed by atoms with van der Waals surface area (Å²) < 4.78 is 5.35. The standard InChI is InChI=1S/C17H26N2O4/c1-13(2)23-11-10-18-17(22)19-15(8-9-16(20)21)12-14-6-4-3-5-7-14/h3-7,13,15H,8-12H2,1-2H3,(H,20,21)(H2,18,19,22). The monoisotopic (exact) mass is 322 g/mol. The van der Waals surface area contributed by atoms with Gasteiger partial charge >= 0.3 is 12.0 Å². The van der Waals surface area contributed by atoms with Crippen molar-refractivity contribution in [3.05, 3.63) is 35.9 Å². The molecule has 1 aromatic rings. The van der Waals surface area contributed by atoms with E-state index in [1.54, 1.807) is 0 Å². The number of aliphatic carboxylic acids is 1. The Kier molecular flexibility index (Phi) is 8.75. The lowest BCUT2D eigenvalue weighted by atomic mass is 10.0. The summed E-state index contributed by atoms with van der Waals surface area (Å²) in [5, 5.41) is 14.4. The fraction of sp³-hybridized carbons (Fsp3) is 0.529. The van der Waals surface area contributed by atoms with Crippen LogP contribution in [0.25, 0.3) is 0 Å². The molecule has 2 amide bonds. The second-order valence-electron chi connectivity index (χ2n) is 5.64. The highest BCUT2D eigenvalue weighted by molar-refractivity contribution is 5.74. The van der Waals surface area contributed by atoms with E-state index in [0.29, 0.717) is 26.0 Å². The third-order valence-electron chi connectivity index (χ3n) is 3.21. The number of nitrogens with one attached hydrogen (secondary N) is 2. The molecule has 6 heteroatoms. The number of carboxylic acid groups (broad SMARTS) is 1. The topological polar surface area (TPSA) is 87.7 Å². The van der Waals surface area contributed by atoms with Crippen molar-refractivity contribution in [1.82, 2.24) is 10.6 Å². The lowest BCUT2D eigenvalue weighted by Gasteiger charge is -2.19. The van der Waals surface area contributed by atoms with Crippen LogP contribution in [0.1, 0.15) is 32.3 Å². The smallest absolute Gasteiger partial charge is 0.315 e. The van der Waals surface area contributed by atoms with Gasteiger partial charge in [0.25, 0.3) is 0 Å². The van der Waals surface area contributed by atoms with Crippen molar-refractivity contribution in [3.8, 4) is 0 Å². The van der Waals surface area contributed by atoms with Crippen molar-refractivity contribution >= 4 is 12.0 Å². The van der Waals surface area contributed by atoms with Crippen molar-refractivity contribution < 1.29 is 19.4 Å². The Bertz CT molecular complexity index is 477. The summed E-state index contributed by atoms with van der Waals surface area (Å²) in [5.74, 6) is -0.865. The predicted molar refractivity (Wildman–Crippen MR) is 88.4 cm³/mol. The normalized spacial score (nSPS) is 12.0. The number of carboxylic acids is 1. The van der Waals surface area contributed by atoms with Gasteiger partial charge in [-0.15, -0.1) is 0 Å². The molecule has 0 saturated carbocycles. The van der Waals surface area contributed by atoms with Gasteiger partial charge in [-0.05, 0) is 32.3 Å². The maximum absolute atomic E-state index is 11.9. The fourth-order valence-corrected chi connectivity index (χ4v) is 2.12. The Morgan fingerprint density at radius 3 is 2.52 bits per heavy atom. The minimum atomic E-state index is -0.865. The van der Waals surface area contributed by atoms with Crippen molar-refractivity contribution in [2.45, 2.75) is 45.3 Å². The van der Waals surface area contributed by atoms with Gasteiger partial charge in [0.05, 0.1) is 12.7 Å². The molecule has 0 spiro atoms. The van der Waals surface area contributed by atoms with Crippen LogP contribution in [-0.2, 0) is 16.0 Å². The Labute approximate surface area is 137 Å². The quantitative estimate of drug-likeness (QED) is 0.576. The average molecular weight is 322 g/mol. The largest absolute Gasteiger partial charge is 0.481 e. The number of carbonyl (C=O) groups excluding carboxylic acids is 1. The first-order valence-corrected chi connectivity index (χ1v) is 7.89. The van der Waals surface area contributed by atoms with Crippen LogP contribution in [0.4, 0.5) is 4.79 Å². The van der Waals surface area contributed by atoms with Crippen LogP contribution in [0.5, 0.6) is 0 Å². The van der Waals surface area contributed by atoms with E-state index in [2.05, 4.69) is 10.6 Å². The van der Waals surface area contributed by atoms with E-state index in [1.807, 2.05) is 44.2 Å². The number of ether oxygens (including phenoxy) is 1. The van der Waals surface area contributed by atoms with E-state index in [-0.39, 0.29) is 24.6 Å². The maximum atomic E-state index is 11.9. The van der Waals surface area contributed by atoms with Crippen LogP contribution in [0.2, 0.25) is 0 Å². The lowest BCUT2D eigenvalue weighted by molar-refractivity contribution is -0.137. The Balaban J connectivity index is 2.44. The first-order chi connectivity index (χ1) is 11.0. The molecule has 0 bridgehead atoms. The third-order valence-corrected chi connectivity index (χ3v) is 3.21. The molecule has 0 aliphatic heterocycles. The van der Waals surface area contributed by atoms with E-state index in [1.165, 1.54) is 0 Å². The number of hydrogen-bond donors (Lipinski definition) is 3. The van der Waals surface area contributed by atoms with Crippen molar-refractivity contribution in [3.63, 3.8) is 0 Å². The molecule has 0 aliphatic carbocycles. The van der Waals surface area contributed by atoms with E-state index >= 15 is 0 Å². The molecule has 0 aromatic heterocycles. The van der Waals surface area contributed by atoms with Gasteiger partial charge in [0.15, 0.2) is 0 Å². The molecule has 1 atom stereocenters. The highest BCUT2D eigenvalue weighted by atomic mass is 16.5. The van der Waals surface area contributed by atoms with Gasteiger partial charge in [-0.1, -0.05) is 30.3 Å². The van der Waals surface area contributed by atoms with E-state index in [4.69, 9.17) is 9.84 Å². The summed E-state index contributed by atoms with van der Waals surface area (Å²) in [6, 6.07) is 9.17. The molecule has 1 aromatic carbocycles. The zero-order valence-corrected chi connectivity index (χ0v) is 13.7. The van der Waals surface area contributed by atoms with Crippen LogP contribution < -0.4 is 10.6 Å². The highest BCUT2D eigenvalue weighted by Gasteiger charge is 2.14. The molecule has 0 aliphatic rings. The minimum absolute atomic E-state index is 0.0221. The second-order valence-corrected chi connectivity index (χ2v) is 5.64. The number of benzene rings is 1. The molecular formula is C17H26N2O4. The fourth-order valence-electron chi connectivity index (χ4n) is 2.12. The first kappa shape index (κ1) is 19.0. The Morgan fingerprint density at radius 2 is 1.91 bits per heavy atom. The van der Waals surface area contributed by atoms with Crippen molar-refractivity contribution in [2.75, 3.05) is 13.2 Å². The third kappa shape index (κ3) is 9.52. The van der Waals surface area contributed by atoms with Gasteiger partial charge in [-0.2, -0.15) is 0 Å². The highest BCUT2D eigenvalue weighted by Crippen LogP contribution is 2.08. The van der Waals surface area contributed by atoms with Crippen LogP contribution in [0, 0.1) is 0 Å². The number of carbonyl (C=O) groups is 2. The molecule has 0 radical (unpaired) electrons. The molecule has 0 heterocycles. The van der Waals surface area contributed by atoms with E-state index < -0.39 is 5.97 Å². The molecule has 6 nitrogen and oxygen atoms in total. The van der Waals surface area contributed by atoms with E-state index in [9.17, 15) is 9.59 Å². The first-order valence-electron chi connectivity index (χ1n) is 7.89. The SMILES string of the molecule is CC(C)OCCNC(=O)NC(CCC(=O)O)Cc1ccccc1.